The van der Waals surface area contributed by atoms with Crippen LogP contribution >= 0.6 is 11.8 Å². The van der Waals surface area contributed by atoms with Crippen LogP contribution in [0.4, 0.5) is 4.39 Å². The van der Waals surface area contributed by atoms with Gasteiger partial charge >= 0.3 is 0 Å². The lowest BCUT2D eigenvalue weighted by molar-refractivity contribution is 0.454. The van der Waals surface area contributed by atoms with Crippen molar-refractivity contribution in [2.45, 2.75) is 16.5 Å². The molecule has 5 heteroatoms. The second-order valence-electron chi connectivity index (χ2n) is 3.16. The van der Waals surface area contributed by atoms with Crippen molar-refractivity contribution in [3.63, 3.8) is 0 Å². The van der Waals surface area contributed by atoms with Crippen LogP contribution in [0.2, 0.25) is 0 Å². The number of nitrogens with zero attached hydrogens (tertiary/aromatic N) is 1. The monoisotopic (exact) mass is 238 g/mol. The van der Waals surface area contributed by atoms with Crippen molar-refractivity contribution in [3.05, 3.63) is 42.0 Å². The van der Waals surface area contributed by atoms with Crippen molar-refractivity contribution in [3.8, 4) is 0 Å². The Kier molecular flexibility index (Phi) is 3.58. The smallest absolute Gasteiger partial charge is 0.260 e. The summed E-state index contributed by atoms with van der Waals surface area (Å²) in [7, 11) is 0. The van der Waals surface area contributed by atoms with Crippen LogP contribution in [0.3, 0.4) is 0 Å². The molecule has 2 N–H and O–H groups in total. The van der Waals surface area contributed by atoms with E-state index in [9.17, 15) is 4.39 Å². The number of rotatable bonds is 4. The first kappa shape index (κ1) is 11.2. The summed E-state index contributed by atoms with van der Waals surface area (Å²) < 4.78 is 18.7. The summed E-state index contributed by atoms with van der Waals surface area (Å²) in [4.78, 5) is 4.78. The molecule has 2 aromatic rings. The fourth-order valence-electron chi connectivity index (χ4n) is 1.38. The summed E-state index contributed by atoms with van der Waals surface area (Å²) in [5.41, 5.74) is 6.08. The van der Waals surface area contributed by atoms with Gasteiger partial charge in [-0.2, -0.15) is 0 Å². The maximum Gasteiger partial charge on any atom is 0.260 e. The highest BCUT2D eigenvalue weighted by Gasteiger charge is 2.10. The molecule has 0 aliphatic rings. The van der Waals surface area contributed by atoms with Crippen molar-refractivity contribution in [1.29, 1.82) is 0 Å². The number of nitrogens with two attached hydrogens (primary N) is 1. The highest BCUT2D eigenvalue weighted by molar-refractivity contribution is 7.99. The topological polar surface area (TPSA) is 52.0 Å². The molecule has 0 aliphatic heterocycles. The van der Waals surface area contributed by atoms with Crippen LogP contribution in [-0.4, -0.2) is 11.5 Å². The second kappa shape index (κ2) is 5.14. The average Bonchev–Trinajstić information content (AvgIpc) is 2.76. The van der Waals surface area contributed by atoms with Crippen LogP contribution in [0.5, 0.6) is 0 Å². The van der Waals surface area contributed by atoms with Crippen molar-refractivity contribution in [2.24, 2.45) is 5.73 Å². The molecule has 1 aromatic carbocycles. The van der Waals surface area contributed by atoms with Gasteiger partial charge in [0.25, 0.3) is 5.22 Å². The van der Waals surface area contributed by atoms with Gasteiger partial charge in [0.05, 0.1) is 6.20 Å². The molecule has 0 amide bonds. The molecule has 0 saturated heterocycles. The molecule has 0 unspecified atom stereocenters. The average molecular weight is 238 g/mol. The highest BCUT2D eigenvalue weighted by Crippen LogP contribution is 2.30. The van der Waals surface area contributed by atoms with E-state index in [2.05, 4.69) is 4.98 Å². The predicted molar refractivity (Wildman–Crippen MR) is 59.8 cm³/mol. The molecule has 0 fully saturated rings. The SMILES string of the molecule is NCCc1c(F)cccc1Sc1ncco1. The van der Waals surface area contributed by atoms with E-state index >= 15 is 0 Å². The summed E-state index contributed by atoms with van der Waals surface area (Å²) in [6.45, 7) is 0.417. The van der Waals surface area contributed by atoms with Gasteiger partial charge in [-0.1, -0.05) is 6.07 Å². The van der Waals surface area contributed by atoms with E-state index in [0.29, 0.717) is 23.8 Å². The quantitative estimate of drug-likeness (QED) is 0.889. The highest BCUT2D eigenvalue weighted by atomic mass is 32.2. The Morgan fingerprint density at radius 1 is 1.44 bits per heavy atom. The molecule has 0 radical (unpaired) electrons. The molecule has 0 saturated carbocycles. The van der Waals surface area contributed by atoms with Crippen molar-refractivity contribution in [1.82, 2.24) is 4.98 Å². The van der Waals surface area contributed by atoms with E-state index in [1.54, 1.807) is 12.3 Å². The molecule has 16 heavy (non-hydrogen) atoms. The first-order valence-corrected chi connectivity index (χ1v) is 5.67. The van der Waals surface area contributed by atoms with Crippen LogP contribution in [-0.2, 0) is 6.42 Å². The molecular weight excluding hydrogens is 227 g/mol. The normalized spacial score (nSPS) is 10.6. The third kappa shape index (κ3) is 2.43. The Balaban J connectivity index is 2.29. The maximum absolute atomic E-state index is 13.5. The third-order valence-electron chi connectivity index (χ3n) is 2.08. The van der Waals surface area contributed by atoms with Gasteiger partial charge in [0.2, 0.25) is 0 Å². The number of aromatic nitrogens is 1. The number of hydrogen-bond donors (Lipinski definition) is 1. The minimum Gasteiger partial charge on any atom is -0.440 e. The number of halogens is 1. The first-order valence-electron chi connectivity index (χ1n) is 4.86. The lowest BCUT2D eigenvalue weighted by Gasteiger charge is -2.07. The van der Waals surface area contributed by atoms with E-state index in [1.807, 2.05) is 6.07 Å². The van der Waals surface area contributed by atoms with E-state index in [1.165, 1.54) is 24.1 Å². The van der Waals surface area contributed by atoms with Crippen molar-refractivity contribution < 1.29 is 8.81 Å². The number of benzene rings is 1. The molecule has 0 bridgehead atoms. The van der Waals surface area contributed by atoms with Gasteiger partial charge in [-0.15, -0.1) is 0 Å². The molecule has 3 nitrogen and oxygen atoms in total. The Morgan fingerprint density at radius 2 is 2.31 bits per heavy atom. The zero-order valence-electron chi connectivity index (χ0n) is 8.52. The van der Waals surface area contributed by atoms with Gasteiger partial charge in [-0.3, -0.25) is 0 Å². The lowest BCUT2D eigenvalue weighted by atomic mass is 10.1. The summed E-state index contributed by atoms with van der Waals surface area (Å²) in [6, 6.07) is 4.94. The summed E-state index contributed by atoms with van der Waals surface area (Å²) in [5.74, 6) is -0.234. The molecule has 0 atom stereocenters. The number of oxazole rings is 1. The van der Waals surface area contributed by atoms with Gasteiger partial charge in [-0.05, 0) is 36.9 Å². The summed E-state index contributed by atoms with van der Waals surface area (Å²) in [6.07, 6.45) is 3.56. The Hall–Kier alpha value is -1.33. The summed E-state index contributed by atoms with van der Waals surface area (Å²) >= 11 is 1.30. The van der Waals surface area contributed by atoms with Crippen LogP contribution in [0, 0.1) is 5.82 Å². The Morgan fingerprint density at radius 3 is 3.00 bits per heavy atom. The molecule has 2 rings (SSSR count). The fraction of sp³-hybridized carbons (Fsp3) is 0.182. The van der Waals surface area contributed by atoms with Gasteiger partial charge < -0.3 is 10.2 Å². The van der Waals surface area contributed by atoms with Gasteiger partial charge in [0.15, 0.2) is 0 Å². The molecule has 1 heterocycles. The van der Waals surface area contributed by atoms with Gasteiger partial charge in [-0.25, -0.2) is 9.37 Å². The minimum absolute atomic E-state index is 0.234. The molecule has 0 aliphatic carbocycles. The van der Waals surface area contributed by atoms with Crippen LogP contribution in [0.15, 0.2) is 45.2 Å². The summed E-state index contributed by atoms with van der Waals surface area (Å²) in [5, 5.41) is 0.504. The zero-order valence-corrected chi connectivity index (χ0v) is 9.34. The lowest BCUT2D eigenvalue weighted by Crippen LogP contribution is -2.05. The Bertz CT molecular complexity index is 459. The molecule has 0 spiro atoms. The Labute approximate surface area is 96.9 Å². The minimum atomic E-state index is -0.234. The number of hydrogen-bond acceptors (Lipinski definition) is 4. The largest absolute Gasteiger partial charge is 0.440 e. The third-order valence-corrected chi connectivity index (χ3v) is 3.06. The first-order chi connectivity index (χ1) is 7.81. The van der Waals surface area contributed by atoms with Crippen molar-refractivity contribution in [2.75, 3.05) is 6.54 Å². The van der Waals surface area contributed by atoms with Crippen LogP contribution in [0.1, 0.15) is 5.56 Å². The van der Waals surface area contributed by atoms with Crippen molar-refractivity contribution >= 4 is 11.8 Å². The van der Waals surface area contributed by atoms with E-state index in [0.717, 1.165) is 4.90 Å². The maximum atomic E-state index is 13.5. The molecule has 84 valence electrons. The standard InChI is InChI=1S/C11H11FN2OS/c12-9-2-1-3-10(8(9)4-5-13)16-11-14-6-7-15-11/h1-3,6-7H,4-5,13H2. The van der Waals surface area contributed by atoms with E-state index in [-0.39, 0.29) is 5.82 Å². The molecular formula is C11H11FN2OS. The van der Waals surface area contributed by atoms with Crippen LogP contribution < -0.4 is 5.73 Å². The van der Waals surface area contributed by atoms with Gasteiger partial charge in [0.1, 0.15) is 12.1 Å². The fourth-order valence-corrected chi connectivity index (χ4v) is 2.25. The van der Waals surface area contributed by atoms with Gasteiger partial charge in [0, 0.05) is 10.5 Å². The predicted octanol–water partition coefficient (Wildman–Crippen LogP) is 2.47. The van der Waals surface area contributed by atoms with E-state index < -0.39 is 0 Å². The zero-order chi connectivity index (χ0) is 11.4. The van der Waals surface area contributed by atoms with E-state index in [4.69, 9.17) is 10.2 Å². The second-order valence-corrected chi connectivity index (χ2v) is 4.15. The molecule has 1 aromatic heterocycles. The van der Waals surface area contributed by atoms with Crippen LogP contribution in [0.25, 0.3) is 0 Å².